The van der Waals surface area contributed by atoms with E-state index in [4.69, 9.17) is 9.26 Å². The highest BCUT2D eigenvalue weighted by atomic mass is 16.6. The van der Waals surface area contributed by atoms with Crippen molar-refractivity contribution in [1.82, 2.24) is 10.1 Å². The van der Waals surface area contributed by atoms with Crippen molar-refractivity contribution in [1.29, 1.82) is 0 Å². The molecule has 0 radical (unpaired) electrons. The first-order chi connectivity index (χ1) is 9.61. The average Bonchev–Trinajstić information content (AvgIpc) is 2.85. The molecule has 0 saturated heterocycles. The highest BCUT2D eigenvalue weighted by molar-refractivity contribution is 5.48. The van der Waals surface area contributed by atoms with E-state index in [1.54, 1.807) is 19.1 Å². The summed E-state index contributed by atoms with van der Waals surface area (Å²) in [5.74, 6) is 1.44. The van der Waals surface area contributed by atoms with Crippen molar-refractivity contribution in [2.24, 2.45) is 0 Å². The summed E-state index contributed by atoms with van der Waals surface area (Å²) in [5.41, 5.74) is 0.505. The number of nitrogens with zero attached hydrogens (tertiary/aromatic N) is 3. The molecule has 0 bridgehead atoms. The third kappa shape index (κ3) is 3.11. The number of hydrogen-bond acceptors (Lipinski definition) is 6. The molecular weight excluding hydrogens is 262 g/mol. The molecular formula is C13H15N3O4. The minimum absolute atomic E-state index is 0.0275. The highest BCUT2D eigenvalue weighted by Crippen LogP contribution is 2.27. The van der Waals surface area contributed by atoms with E-state index in [9.17, 15) is 10.1 Å². The quantitative estimate of drug-likeness (QED) is 0.595. The number of ether oxygens (including phenoxy) is 1. The number of benzene rings is 1. The molecule has 1 aromatic heterocycles. The monoisotopic (exact) mass is 277 g/mol. The van der Waals surface area contributed by atoms with Crippen LogP contribution in [-0.2, 0) is 13.0 Å². The van der Waals surface area contributed by atoms with E-state index in [0.29, 0.717) is 23.0 Å². The minimum Gasteiger partial charge on any atom is -0.483 e. The first kappa shape index (κ1) is 14.0. The zero-order chi connectivity index (χ0) is 14.5. The van der Waals surface area contributed by atoms with Crippen LogP contribution in [0.4, 0.5) is 5.69 Å². The van der Waals surface area contributed by atoms with Crippen LogP contribution in [-0.4, -0.2) is 15.1 Å². The lowest BCUT2D eigenvalue weighted by Crippen LogP contribution is -2.00. The van der Waals surface area contributed by atoms with Gasteiger partial charge in [0.25, 0.3) is 11.6 Å². The van der Waals surface area contributed by atoms with Gasteiger partial charge >= 0.3 is 0 Å². The Bertz CT molecular complexity index is 609. The highest BCUT2D eigenvalue weighted by Gasteiger charge is 2.15. The second kappa shape index (κ2) is 6.14. The van der Waals surface area contributed by atoms with E-state index in [2.05, 4.69) is 10.1 Å². The molecule has 2 aromatic rings. The first-order valence-electron chi connectivity index (χ1n) is 6.30. The molecule has 0 amide bonds. The summed E-state index contributed by atoms with van der Waals surface area (Å²) in [7, 11) is 0. The largest absolute Gasteiger partial charge is 0.483 e. The molecule has 20 heavy (non-hydrogen) atoms. The van der Waals surface area contributed by atoms with Gasteiger partial charge in [0, 0.05) is 12.5 Å². The minimum atomic E-state index is -0.436. The average molecular weight is 277 g/mol. The van der Waals surface area contributed by atoms with Crippen LogP contribution in [0.1, 0.15) is 30.6 Å². The molecule has 1 heterocycles. The molecule has 0 fully saturated rings. The van der Waals surface area contributed by atoms with Crippen LogP contribution in [0, 0.1) is 17.0 Å². The Morgan fingerprint density at radius 2 is 2.25 bits per heavy atom. The topological polar surface area (TPSA) is 91.3 Å². The molecule has 0 aliphatic rings. The fraction of sp³-hybridized carbons (Fsp3) is 0.385. The molecule has 0 unspecified atom stereocenters. The molecule has 7 nitrogen and oxygen atoms in total. The van der Waals surface area contributed by atoms with E-state index >= 15 is 0 Å². The van der Waals surface area contributed by atoms with E-state index in [1.807, 2.05) is 6.92 Å². The van der Waals surface area contributed by atoms with Crippen molar-refractivity contribution < 1.29 is 14.2 Å². The normalized spacial score (nSPS) is 10.5. The second-order valence-corrected chi connectivity index (χ2v) is 4.30. The van der Waals surface area contributed by atoms with Crippen molar-refractivity contribution in [2.45, 2.75) is 33.3 Å². The van der Waals surface area contributed by atoms with E-state index in [1.165, 1.54) is 6.07 Å². The van der Waals surface area contributed by atoms with E-state index in [-0.39, 0.29) is 12.3 Å². The van der Waals surface area contributed by atoms with E-state index < -0.39 is 4.92 Å². The van der Waals surface area contributed by atoms with Gasteiger partial charge in [0.15, 0.2) is 12.4 Å². The van der Waals surface area contributed by atoms with Crippen molar-refractivity contribution in [3.05, 3.63) is 45.6 Å². The van der Waals surface area contributed by atoms with Crippen LogP contribution in [0.5, 0.6) is 5.75 Å². The lowest BCUT2D eigenvalue weighted by Gasteiger charge is -2.06. The van der Waals surface area contributed by atoms with Crippen LogP contribution in [0.2, 0.25) is 0 Å². The molecule has 1 aromatic carbocycles. The van der Waals surface area contributed by atoms with Gasteiger partial charge in [0.2, 0.25) is 0 Å². The standard InChI is InChI=1S/C13H15N3O4/c1-3-5-12-14-13(20-15-12)8-19-11-7-4-6-10(9(11)2)16(17)18/h4,6-7H,3,5,8H2,1-2H3. The van der Waals surface area contributed by atoms with Gasteiger partial charge in [-0.2, -0.15) is 4.98 Å². The van der Waals surface area contributed by atoms with Crippen LogP contribution >= 0.6 is 0 Å². The molecule has 0 atom stereocenters. The molecule has 7 heteroatoms. The maximum atomic E-state index is 10.8. The fourth-order valence-corrected chi connectivity index (χ4v) is 1.77. The van der Waals surface area contributed by atoms with Gasteiger partial charge in [0.1, 0.15) is 5.75 Å². The number of nitro groups is 1. The van der Waals surface area contributed by atoms with E-state index in [0.717, 1.165) is 12.8 Å². The summed E-state index contributed by atoms with van der Waals surface area (Å²) < 4.78 is 10.5. The predicted octanol–water partition coefficient (Wildman–Crippen LogP) is 2.82. The van der Waals surface area contributed by atoms with Gasteiger partial charge in [-0.25, -0.2) is 0 Å². The second-order valence-electron chi connectivity index (χ2n) is 4.30. The van der Waals surface area contributed by atoms with Gasteiger partial charge < -0.3 is 9.26 Å². The smallest absolute Gasteiger partial charge is 0.276 e. The van der Waals surface area contributed by atoms with Gasteiger partial charge in [0.05, 0.1) is 10.5 Å². The lowest BCUT2D eigenvalue weighted by atomic mass is 10.2. The Labute approximate surface area is 115 Å². The summed E-state index contributed by atoms with van der Waals surface area (Å²) in [6.07, 6.45) is 1.68. The number of aromatic nitrogens is 2. The van der Waals surface area contributed by atoms with Crippen LogP contribution in [0.3, 0.4) is 0 Å². The molecule has 0 aliphatic heterocycles. The molecule has 106 valence electrons. The fourth-order valence-electron chi connectivity index (χ4n) is 1.77. The number of nitro benzene ring substituents is 1. The predicted molar refractivity (Wildman–Crippen MR) is 70.5 cm³/mol. The van der Waals surface area contributed by atoms with Crippen molar-refractivity contribution in [3.63, 3.8) is 0 Å². The molecule has 0 saturated carbocycles. The maximum Gasteiger partial charge on any atom is 0.276 e. The van der Waals surface area contributed by atoms with Crippen LogP contribution in [0.15, 0.2) is 22.7 Å². The van der Waals surface area contributed by atoms with Gasteiger partial charge in [-0.3, -0.25) is 10.1 Å². The Balaban J connectivity index is 2.06. The SMILES string of the molecule is CCCc1noc(COc2cccc([N+](=O)[O-])c2C)n1. The van der Waals surface area contributed by atoms with Gasteiger partial charge in [-0.1, -0.05) is 18.1 Å². The summed E-state index contributed by atoms with van der Waals surface area (Å²) in [6, 6.07) is 4.69. The molecule has 0 N–H and O–H groups in total. The number of rotatable bonds is 6. The van der Waals surface area contributed by atoms with Gasteiger partial charge in [-0.15, -0.1) is 0 Å². The van der Waals surface area contributed by atoms with Crippen molar-refractivity contribution >= 4 is 5.69 Å². The summed E-state index contributed by atoms with van der Waals surface area (Å²) in [4.78, 5) is 14.6. The number of hydrogen-bond donors (Lipinski definition) is 0. The van der Waals surface area contributed by atoms with Crippen LogP contribution < -0.4 is 4.74 Å². The zero-order valence-electron chi connectivity index (χ0n) is 11.3. The van der Waals surface area contributed by atoms with Crippen molar-refractivity contribution in [3.8, 4) is 5.75 Å². The van der Waals surface area contributed by atoms with Crippen LogP contribution in [0.25, 0.3) is 0 Å². The zero-order valence-corrected chi connectivity index (χ0v) is 11.3. The maximum absolute atomic E-state index is 10.8. The molecule has 0 spiro atoms. The Hall–Kier alpha value is -2.44. The Kier molecular flexibility index (Phi) is 4.29. The molecule has 2 rings (SSSR count). The van der Waals surface area contributed by atoms with Gasteiger partial charge in [-0.05, 0) is 19.4 Å². The third-order valence-electron chi connectivity index (χ3n) is 2.79. The van der Waals surface area contributed by atoms with Crippen molar-refractivity contribution in [2.75, 3.05) is 0 Å². The number of aryl methyl sites for hydroxylation is 1. The molecule has 0 aliphatic carbocycles. The third-order valence-corrected chi connectivity index (χ3v) is 2.79. The Morgan fingerprint density at radius 1 is 1.45 bits per heavy atom. The summed E-state index contributed by atoms with van der Waals surface area (Å²) >= 11 is 0. The summed E-state index contributed by atoms with van der Waals surface area (Å²) in [6.45, 7) is 3.77. The Morgan fingerprint density at radius 3 is 2.95 bits per heavy atom. The first-order valence-corrected chi connectivity index (χ1v) is 6.30. The summed E-state index contributed by atoms with van der Waals surface area (Å²) in [5, 5.41) is 14.6. The lowest BCUT2D eigenvalue weighted by molar-refractivity contribution is -0.385.